The van der Waals surface area contributed by atoms with Gasteiger partial charge in [-0.3, -0.25) is 9.69 Å². The summed E-state index contributed by atoms with van der Waals surface area (Å²) in [7, 11) is 0. The maximum Gasteiger partial charge on any atom is 0.257 e. The van der Waals surface area contributed by atoms with Crippen molar-refractivity contribution in [1.29, 1.82) is 0 Å². The lowest BCUT2D eigenvalue weighted by atomic mass is 10.1. The number of nitrogens with zero attached hydrogens (tertiary/aromatic N) is 4. The summed E-state index contributed by atoms with van der Waals surface area (Å²) >= 11 is 2.04. The van der Waals surface area contributed by atoms with Crippen molar-refractivity contribution in [3.05, 3.63) is 23.3 Å². The van der Waals surface area contributed by atoms with Crippen molar-refractivity contribution in [1.82, 2.24) is 19.8 Å². The van der Waals surface area contributed by atoms with Gasteiger partial charge < -0.3 is 4.90 Å². The van der Waals surface area contributed by atoms with Gasteiger partial charge in [-0.1, -0.05) is 0 Å². The molecule has 1 aromatic heterocycles. The highest BCUT2D eigenvalue weighted by Crippen LogP contribution is 2.23. The lowest BCUT2D eigenvalue weighted by Crippen LogP contribution is -2.52. The van der Waals surface area contributed by atoms with Crippen molar-refractivity contribution in [2.75, 3.05) is 37.7 Å². The fourth-order valence-corrected chi connectivity index (χ4v) is 4.32. The van der Waals surface area contributed by atoms with Gasteiger partial charge in [0, 0.05) is 44.2 Å². The van der Waals surface area contributed by atoms with E-state index in [0.29, 0.717) is 11.4 Å². The topological polar surface area (TPSA) is 49.3 Å². The zero-order valence-electron chi connectivity index (χ0n) is 12.7. The second kappa shape index (κ2) is 6.32. The van der Waals surface area contributed by atoms with Crippen molar-refractivity contribution < 1.29 is 4.79 Å². The van der Waals surface area contributed by atoms with Gasteiger partial charge >= 0.3 is 0 Å². The van der Waals surface area contributed by atoms with Gasteiger partial charge in [-0.2, -0.15) is 11.8 Å². The van der Waals surface area contributed by atoms with E-state index in [1.807, 2.05) is 30.5 Å². The van der Waals surface area contributed by atoms with E-state index in [0.717, 1.165) is 37.9 Å². The number of carbonyl (C=O) groups is 1. The number of rotatable bonds is 2. The zero-order chi connectivity index (χ0) is 14.8. The van der Waals surface area contributed by atoms with Crippen LogP contribution in [-0.4, -0.2) is 69.4 Å². The van der Waals surface area contributed by atoms with Crippen molar-refractivity contribution in [2.24, 2.45) is 0 Å². The highest BCUT2D eigenvalue weighted by atomic mass is 32.2. The molecule has 0 N–H and O–H groups in total. The van der Waals surface area contributed by atoms with E-state index in [1.165, 1.54) is 17.9 Å². The van der Waals surface area contributed by atoms with Gasteiger partial charge in [0.25, 0.3) is 5.91 Å². The normalized spacial score (nSPS) is 23.5. The minimum absolute atomic E-state index is 0.0768. The highest BCUT2D eigenvalue weighted by Gasteiger charge is 2.29. The Bertz CT molecular complexity index is 522. The molecule has 1 amide bonds. The summed E-state index contributed by atoms with van der Waals surface area (Å²) < 4.78 is 0. The van der Waals surface area contributed by atoms with Crippen LogP contribution in [0.2, 0.25) is 0 Å². The number of thioether (sulfide) groups is 1. The molecule has 2 aliphatic rings. The van der Waals surface area contributed by atoms with Crippen molar-refractivity contribution in [3.8, 4) is 0 Å². The molecule has 2 aliphatic heterocycles. The molecule has 3 heterocycles. The Labute approximate surface area is 130 Å². The minimum Gasteiger partial charge on any atom is -0.336 e. The first kappa shape index (κ1) is 14.8. The number of aromatic nitrogens is 2. The molecule has 0 bridgehead atoms. The summed E-state index contributed by atoms with van der Waals surface area (Å²) in [6, 6.07) is 0.719. The predicted octanol–water partition coefficient (Wildman–Crippen LogP) is 1.36. The Morgan fingerprint density at radius 1 is 1.29 bits per heavy atom. The van der Waals surface area contributed by atoms with Crippen LogP contribution in [0.5, 0.6) is 0 Å². The molecule has 1 unspecified atom stereocenters. The molecule has 1 atom stereocenters. The maximum absolute atomic E-state index is 12.6. The van der Waals surface area contributed by atoms with Crippen LogP contribution in [0.1, 0.15) is 28.3 Å². The molecule has 0 aromatic carbocycles. The van der Waals surface area contributed by atoms with E-state index in [1.54, 1.807) is 6.20 Å². The van der Waals surface area contributed by atoms with Crippen molar-refractivity contribution >= 4 is 17.7 Å². The van der Waals surface area contributed by atoms with Gasteiger partial charge in [0.2, 0.25) is 0 Å². The van der Waals surface area contributed by atoms with Crippen molar-refractivity contribution in [3.63, 3.8) is 0 Å². The lowest BCUT2D eigenvalue weighted by Gasteiger charge is -2.37. The number of amides is 1. The lowest BCUT2D eigenvalue weighted by molar-refractivity contribution is 0.0586. The molecule has 2 fully saturated rings. The van der Waals surface area contributed by atoms with Crippen LogP contribution in [0, 0.1) is 13.8 Å². The van der Waals surface area contributed by atoms with E-state index in [4.69, 9.17) is 0 Å². The molecule has 0 spiro atoms. The van der Waals surface area contributed by atoms with Crippen LogP contribution in [0.3, 0.4) is 0 Å². The smallest absolute Gasteiger partial charge is 0.257 e. The minimum atomic E-state index is 0.0768. The molecule has 0 saturated carbocycles. The largest absolute Gasteiger partial charge is 0.336 e. The van der Waals surface area contributed by atoms with Gasteiger partial charge in [0.1, 0.15) is 5.82 Å². The van der Waals surface area contributed by atoms with Crippen molar-refractivity contribution in [2.45, 2.75) is 26.3 Å². The highest BCUT2D eigenvalue weighted by molar-refractivity contribution is 7.99. The van der Waals surface area contributed by atoms with Crippen LogP contribution in [-0.2, 0) is 0 Å². The summed E-state index contributed by atoms with van der Waals surface area (Å²) in [5, 5.41) is 0. The van der Waals surface area contributed by atoms with Gasteiger partial charge in [0.15, 0.2) is 0 Å². The van der Waals surface area contributed by atoms with Crippen LogP contribution in [0.15, 0.2) is 6.20 Å². The SMILES string of the molecule is Cc1ncc(C(=O)N2CCN(C3CCSC3)CC2)c(C)n1. The summed E-state index contributed by atoms with van der Waals surface area (Å²) in [6.45, 7) is 7.33. The summed E-state index contributed by atoms with van der Waals surface area (Å²) in [5.41, 5.74) is 1.42. The van der Waals surface area contributed by atoms with Gasteiger partial charge in [-0.05, 0) is 26.0 Å². The average Bonchev–Trinajstić information content (AvgIpc) is 3.01. The molecule has 21 heavy (non-hydrogen) atoms. The van der Waals surface area contributed by atoms with E-state index in [9.17, 15) is 4.79 Å². The van der Waals surface area contributed by atoms with Gasteiger partial charge in [0.05, 0.1) is 11.3 Å². The molecular weight excluding hydrogens is 284 g/mol. The van der Waals surface area contributed by atoms with Crippen LogP contribution in [0.25, 0.3) is 0 Å². The van der Waals surface area contributed by atoms with Gasteiger partial charge in [-0.25, -0.2) is 9.97 Å². The predicted molar refractivity (Wildman–Crippen MR) is 84.7 cm³/mol. The standard InChI is InChI=1S/C15H22N4OS/c1-11-14(9-16-12(2)17-11)15(20)19-6-4-18(5-7-19)13-3-8-21-10-13/h9,13H,3-8,10H2,1-2H3. The number of piperazine rings is 1. The fraction of sp³-hybridized carbons (Fsp3) is 0.667. The van der Waals surface area contributed by atoms with Gasteiger partial charge in [-0.15, -0.1) is 0 Å². The van der Waals surface area contributed by atoms with Crippen LogP contribution >= 0.6 is 11.8 Å². The number of carbonyl (C=O) groups excluding carboxylic acids is 1. The Morgan fingerprint density at radius 2 is 2.05 bits per heavy atom. The van der Waals surface area contributed by atoms with Crippen LogP contribution in [0.4, 0.5) is 0 Å². The molecule has 1 aromatic rings. The Morgan fingerprint density at radius 3 is 2.67 bits per heavy atom. The summed E-state index contributed by atoms with van der Waals surface area (Å²) in [6.07, 6.45) is 2.96. The molecular formula is C15H22N4OS. The molecule has 114 valence electrons. The second-order valence-corrected chi connectivity index (χ2v) is 6.91. The monoisotopic (exact) mass is 306 g/mol. The first-order valence-electron chi connectivity index (χ1n) is 7.56. The number of hydrogen-bond acceptors (Lipinski definition) is 5. The van der Waals surface area contributed by atoms with E-state index < -0.39 is 0 Å². The molecule has 0 radical (unpaired) electrons. The third kappa shape index (κ3) is 3.21. The molecule has 2 saturated heterocycles. The van der Waals surface area contributed by atoms with E-state index >= 15 is 0 Å². The molecule has 5 nitrogen and oxygen atoms in total. The van der Waals surface area contributed by atoms with Crippen LogP contribution < -0.4 is 0 Å². The first-order valence-corrected chi connectivity index (χ1v) is 8.72. The average molecular weight is 306 g/mol. The third-order valence-corrected chi connectivity index (χ3v) is 5.50. The first-order chi connectivity index (χ1) is 10.1. The number of hydrogen-bond donors (Lipinski definition) is 0. The van der Waals surface area contributed by atoms with E-state index in [2.05, 4.69) is 14.9 Å². The fourth-order valence-electron chi connectivity index (χ4n) is 3.06. The summed E-state index contributed by atoms with van der Waals surface area (Å²) in [5.74, 6) is 3.32. The Hall–Kier alpha value is -1.14. The molecule has 6 heteroatoms. The summed E-state index contributed by atoms with van der Waals surface area (Å²) in [4.78, 5) is 25.5. The zero-order valence-corrected chi connectivity index (χ0v) is 13.5. The molecule has 3 rings (SSSR count). The third-order valence-electron chi connectivity index (χ3n) is 4.35. The quantitative estimate of drug-likeness (QED) is 0.826. The second-order valence-electron chi connectivity index (χ2n) is 5.76. The Kier molecular flexibility index (Phi) is 4.45. The molecule has 0 aliphatic carbocycles. The van der Waals surface area contributed by atoms with E-state index in [-0.39, 0.29) is 5.91 Å². The number of aryl methyl sites for hydroxylation is 2. The Balaban J connectivity index is 1.62. The maximum atomic E-state index is 12.6.